The summed E-state index contributed by atoms with van der Waals surface area (Å²) in [6.45, 7) is 0.544. The van der Waals surface area contributed by atoms with Gasteiger partial charge in [0.1, 0.15) is 0 Å². The summed E-state index contributed by atoms with van der Waals surface area (Å²) in [5.41, 5.74) is 1.08. The first kappa shape index (κ1) is 24.0. The molecule has 0 radical (unpaired) electrons. The Hall–Kier alpha value is -1.08. The number of guanidine groups is 1. The second kappa shape index (κ2) is 10.5. The Labute approximate surface area is 175 Å². The van der Waals surface area contributed by atoms with Crippen LogP contribution in [-0.4, -0.2) is 85.1 Å². The Balaban J connectivity index is 0.00000364. The molecule has 0 saturated carbocycles. The van der Waals surface area contributed by atoms with Gasteiger partial charge < -0.3 is 15.5 Å². The molecule has 156 valence electrons. The lowest BCUT2D eigenvalue weighted by molar-refractivity contribution is -0.143. The Morgan fingerprint density at radius 3 is 2.67 bits per heavy atom. The number of aryl methyl sites for hydroxylation is 1. The number of hydrogen-bond donors (Lipinski definition) is 2. The van der Waals surface area contributed by atoms with Crippen LogP contribution in [0, 0.1) is 0 Å². The van der Waals surface area contributed by atoms with Crippen LogP contribution in [0.4, 0.5) is 13.2 Å². The second-order valence-corrected chi connectivity index (χ2v) is 6.86. The number of rotatable bonds is 6. The van der Waals surface area contributed by atoms with Crippen LogP contribution in [0.5, 0.6) is 0 Å². The highest BCUT2D eigenvalue weighted by atomic mass is 127. The Morgan fingerprint density at radius 2 is 2.15 bits per heavy atom. The maximum absolute atomic E-state index is 12.5. The van der Waals surface area contributed by atoms with E-state index in [0.717, 1.165) is 5.56 Å². The van der Waals surface area contributed by atoms with Gasteiger partial charge in [0.2, 0.25) is 0 Å². The molecule has 1 fully saturated rings. The summed E-state index contributed by atoms with van der Waals surface area (Å²) in [6.07, 6.45) is 0.303. The lowest BCUT2D eigenvalue weighted by Crippen LogP contribution is -2.47. The molecule has 2 unspecified atom stereocenters. The smallest absolute Gasteiger partial charge is 0.354 e. The van der Waals surface area contributed by atoms with Crippen molar-refractivity contribution in [2.24, 2.45) is 12.0 Å². The van der Waals surface area contributed by atoms with Crippen LogP contribution in [0.2, 0.25) is 0 Å². The van der Waals surface area contributed by atoms with E-state index in [1.807, 2.05) is 33.5 Å². The van der Waals surface area contributed by atoms with Gasteiger partial charge in [0, 0.05) is 51.5 Å². The highest BCUT2D eigenvalue weighted by Gasteiger charge is 2.34. The fourth-order valence-corrected chi connectivity index (χ4v) is 3.14. The molecule has 1 aromatic rings. The third-order valence-electron chi connectivity index (χ3n) is 4.44. The largest absolute Gasteiger partial charge is 0.401 e. The van der Waals surface area contributed by atoms with Crippen molar-refractivity contribution >= 4 is 29.9 Å². The topological polar surface area (TPSA) is 60.7 Å². The minimum atomic E-state index is -4.16. The highest BCUT2D eigenvalue weighted by Crippen LogP contribution is 2.20. The quantitative estimate of drug-likeness (QED) is 0.350. The zero-order valence-corrected chi connectivity index (χ0v) is 18.5. The van der Waals surface area contributed by atoms with Crippen LogP contribution in [0.25, 0.3) is 0 Å². The van der Waals surface area contributed by atoms with Crippen molar-refractivity contribution in [1.82, 2.24) is 30.2 Å². The first-order chi connectivity index (χ1) is 12.2. The Bertz CT molecular complexity index is 603. The van der Waals surface area contributed by atoms with Crippen molar-refractivity contribution < 1.29 is 13.2 Å². The predicted octanol–water partition coefficient (Wildman–Crippen LogP) is 1.44. The molecule has 11 heteroatoms. The first-order valence-corrected chi connectivity index (χ1v) is 8.59. The van der Waals surface area contributed by atoms with E-state index >= 15 is 0 Å². The van der Waals surface area contributed by atoms with Crippen molar-refractivity contribution in [2.75, 3.05) is 47.3 Å². The van der Waals surface area contributed by atoms with E-state index in [2.05, 4.69) is 25.6 Å². The third-order valence-corrected chi connectivity index (χ3v) is 4.44. The molecule has 1 aliphatic rings. The van der Waals surface area contributed by atoms with E-state index in [9.17, 15) is 13.2 Å². The average Bonchev–Trinajstić information content (AvgIpc) is 3.13. The SMILES string of the molecule is CN=C(NCC(c1cnn(C)c1)N(C)C)NC1CCN(CC(F)(F)F)C1.I. The fourth-order valence-electron chi connectivity index (χ4n) is 3.14. The summed E-state index contributed by atoms with van der Waals surface area (Å²) in [6, 6.07) is 0.0623. The summed E-state index contributed by atoms with van der Waals surface area (Å²) in [5.74, 6) is 0.597. The number of nitrogens with zero attached hydrogens (tertiary/aromatic N) is 5. The Kier molecular flexibility index (Phi) is 9.28. The standard InChI is InChI=1S/C16H28F3N7.HI/c1-20-15(23-13-5-6-26(10-13)11-16(17,18)19)21-8-14(24(2)3)12-7-22-25(4)9-12;/h7,9,13-14H,5-6,8,10-11H2,1-4H3,(H2,20,21,23);1H. The van der Waals surface area contributed by atoms with Crippen LogP contribution >= 0.6 is 24.0 Å². The molecule has 1 aromatic heterocycles. The van der Waals surface area contributed by atoms with Crippen LogP contribution in [0.3, 0.4) is 0 Å². The molecule has 27 heavy (non-hydrogen) atoms. The number of nitrogens with one attached hydrogen (secondary N) is 2. The molecule has 2 heterocycles. The number of hydrogen-bond acceptors (Lipinski definition) is 4. The number of likely N-dealkylation sites (tertiary alicyclic amines) is 1. The highest BCUT2D eigenvalue weighted by molar-refractivity contribution is 14.0. The van der Waals surface area contributed by atoms with Crippen LogP contribution < -0.4 is 10.6 Å². The minimum absolute atomic E-state index is 0. The van der Waals surface area contributed by atoms with Gasteiger partial charge in [0.15, 0.2) is 5.96 Å². The summed E-state index contributed by atoms with van der Waals surface area (Å²) < 4.78 is 39.3. The van der Waals surface area contributed by atoms with E-state index in [0.29, 0.717) is 32.0 Å². The first-order valence-electron chi connectivity index (χ1n) is 8.59. The molecular weight excluding hydrogens is 474 g/mol. The van der Waals surface area contributed by atoms with E-state index in [1.165, 1.54) is 4.90 Å². The van der Waals surface area contributed by atoms with E-state index in [4.69, 9.17) is 0 Å². The van der Waals surface area contributed by atoms with Crippen LogP contribution in [-0.2, 0) is 7.05 Å². The molecule has 1 aliphatic heterocycles. The molecule has 0 bridgehead atoms. The fraction of sp³-hybridized carbons (Fsp3) is 0.750. The summed E-state index contributed by atoms with van der Waals surface area (Å²) in [5, 5.41) is 10.7. The number of aromatic nitrogens is 2. The number of halogens is 4. The lowest BCUT2D eigenvalue weighted by Gasteiger charge is -2.25. The van der Waals surface area contributed by atoms with Gasteiger partial charge in [-0.3, -0.25) is 14.6 Å². The summed E-state index contributed by atoms with van der Waals surface area (Å²) in [4.78, 5) is 7.70. The van der Waals surface area contributed by atoms with E-state index in [1.54, 1.807) is 11.7 Å². The summed E-state index contributed by atoms with van der Waals surface area (Å²) in [7, 11) is 7.51. The van der Waals surface area contributed by atoms with Gasteiger partial charge in [-0.25, -0.2) is 0 Å². The van der Waals surface area contributed by atoms with E-state index < -0.39 is 12.7 Å². The minimum Gasteiger partial charge on any atom is -0.354 e. The Morgan fingerprint density at radius 1 is 1.44 bits per heavy atom. The number of alkyl halides is 3. The molecule has 0 aromatic carbocycles. The lowest BCUT2D eigenvalue weighted by atomic mass is 10.1. The molecule has 2 N–H and O–H groups in total. The molecule has 0 spiro atoms. The van der Waals surface area contributed by atoms with Crippen molar-refractivity contribution in [1.29, 1.82) is 0 Å². The van der Waals surface area contributed by atoms with Crippen molar-refractivity contribution in [2.45, 2.75) is 24.7 Å². The molecule has 7 nitrogen and oxygen atoms in total. The van der Waals surface area contributed by atoms with Crippen molar-refractivity contribution in [3.63, 3.8) is 0 Å². The van der Waals surface area contributed by atoms with Crippen molar-refractivity contribution in [3.05, 3.63) is 18.0 Å². The van der Waals surface area contributed by atoms with Gasteiger partial charge in [-0.05, 0) is 20.5 Å². The molecular formula is C16H29F3IN7. The maximum Gasteiger partial charge on any atom is 0.401 e. The monoisotopic (exact) mass is 503 g/mol. The van der Waals surface area contributed by atoms with Gasteiger partial charge in [0.05, 0.1) is 18.8 Å². The van der Waals surface area contributed by atoms with Gasteiger partial charge in [-0.15, -0.1) is 24.0 Å². The van der Waals surface area contributed by atoms with Crippen LogP contribution in [0.1, 0.15) is 18.0 Å². The predicted molar refractivity (Wildman–Crippen MR) is 110 cm³/mol. The molecule has 1 saturated heterocycles. The molecule has 0 amide bonds. The van der Waals surface area contributed by atoms with Crippen molar-refractivity contribution in [3.8, 4) is 0 Å². The third kappa shape index (κ3) is 7.82. The maximum atomic E-state index is 12.5. The van der Waals surface area contributed by atoms with Gasteiger partial charge >= 0.3 is 6.18 Å². The number of aliphatic imine (C=N–C) groups is 1. The van der Waals surface area contributed by atoms with Gasteiger partial charge in [-0.1, -0.05) is 0 Å². The van der Waals surface area contributed by atoms with E-state index in [-0.39, 0.29) is 36.1 Å². The average molecular weight is 503 g/mol. The molecule has 0 aliphatic carbocycles. The molecule has 2 rings (SSSR count). The molecule has 2 atom stereocenters. The summed E-state index contributed by atoms with van der Waals surface area (Å²) >= 11 is 0. The van der Waals surface area contributed by atoms with Gasteiger partial charge in [-0.2, -0.15) is 18.3 Å². The normalized spacial score (nSPS) is 19.9. The zero-order valence-electron chi connectivity index (χ0n) is 16.1. The van der Waals surface area contributed by atoms with Crippen LogP contribution in [0.15, 0.2) is 17.4 Å². The van der Waals surface area contributed by atoms with Gasteiger partial charge in [0.25, 0.3) is 0 Å². The second-order valence-electron chi connectivity index (χ2n) is 6.86. The zero-order chi connectivity index (χ0) is 19.3. The number of likely N-dealkylation sites (N-methyl/N-ethyl adjacent to an activating group) is 1.